The molecule has 0 bridgehead atoms. The van der Waals surface area contributed by atoms with Crippen LogP contribution in [0.15, 0.2) is 58.3 Å². The van der Waals surface area contributed by atoms with E-state index < -0.39 is 6.04 Å². The second-order valence-electron chi connectivity index (χ2n) is 7.34. The highest BCUT2D eigenvalue weighted by Gasteiger charge is 2.42. The molecular weight excluding hydrogens is 402 g/mol. The molecule has 154 valence electrons. The fourth-order valence-corrected chi connectivity index (χ4v) is 4.02. The van der Waals surface area contributed by atoms with Gasteiger partial charge in [-0.25, -0.2) is 0 Å². The molecule has 1 amide bonds. The van der Waals surface area contributed by atoms with Crippen molar-refractivity contribution in [1.82, 2.24) is 4.90 Å². The fourth-order valence-electron chi connectivity index (χ4n) is 3.86. The van der Waals surface area contributed by atoms with E-state index in [1.54, 1.807) is 23.1 Å². The number of amides is 1. The Hall–Kier alpha value is -3.05. The molecule has 1 aliphatic rings. The number of hydrogen-bond donors (Lipinski definition) is 0. The van der Waals surface area contributed by atoms with Gasteiger partial charge in [0.1, 0.15) is 17.9 Å². The molecule has 0 saturated heterocycles. The molecule has 3 aromatic rings. The number of benzene rings is 2. The van der Waals surface area contributed by atoms with E-state index in [4.69, 9.17) is 20.8 Å². The lowest BCUT2D eigenvalue weighted by Crippen LogP contribution is -2.30. The molecule has 30 heavy (non-hydrogen) atoms. The van der Waals surface area contributed by atoms with Crippen molar-refractivity contribution in [1.29, 1.82) is 0 Å². The largest absolute Gasteiger partial charge is 0.490 e. The third-order valence-electron chi connectivity index (χ3n) is 5.28. The van der Waals surface area contributed by atoms with Crippen LogP contribution in [0.2, 0.25) is 5.02 Å². The van der Waals surface area contributed by atoms with Crippen molar-refractivity contribution in [3.63, 3.8) is 0 Å². The Kier molecular flexibility index (Phi) is 5.39. The zero-order valence-corrected chi connectivity index (χ0v) is 17.7. The summed E-state index contributed by atoms with van der Waals surface area (Å²) in [6.07, 6.45) is 2.43. The van der Waals surface area contributed by atoms with Gasteiger partial charge in [-0.2, -0.15) is 0 Å². The Labute approximate surface area is 179 Å². The third-order valence-corrected chi connectivity index (χ3v) is 5.68. The van der Waals surface area contributed by atoms with Gasteiger partial charge in [0, 0.05) is 11.6 Å². The van der Waals surface area contributed by atoms with E-state index in [2.05, 4.69) is 6.58 Å². The molecular formula is C24H22ClNO4. The number of halogens is 1. The SMILES string of the molecule is C=CCOc1ccc(C2c3c(oc4cc(C)c(Cl)cc4c3=O)C(=O)N2CCC)cc1. The van der Waals surface area contributed by atoms with Crippen LogP contribution < -0.4 is 10.2 Å². The van der Waals surface area contributed by atoms with Crippen LogP contribution in [0.5, 0.6) is 5.75 Å². The highest BCUT2D eigenvalue weighted by molar-refractivity contribution is 6.32. The standard InChI is InChI=1S/C24H22ClNO4/c1-4-10-26-21(15-6-8-16(9-7-15)29-11-5-2)20-22(27)17-13-18(25)14(3)12-19(17)30-23(20)24(26)28/h5-9,12-13,21H,2,4,10-11H2,1,3H3. The normalized spacial score (nSPS) is 15.5. The van der Waals surface area contributed by atoms with Gasteiger partial charge in [-0.1, -0.05) is 43.3 Å². The van der Waals surface area contributed by atoms with Crippen LogP contribution in [0, 0.1) is 6.92 Å². The number of fused-ring (bicyclic) bond motifs is 2. The minimum Gasteiger partial charge on any atom is -0.490 e. The maximum absolute atomic E-state index is 13.4. The number of nitrogens with zero attached hydrogens (tertiary/aromatic N) is 1. The Morgan fingerprint density at radius 1 is 1.23 bits per heavy atom. The van der Waals surface area contributed by atoms with E-state index in [0.717, 1.165) is 17.5 Å². The maximum Gasteiger partial charge on any atom is 0.290 e. The number of carbonyl (C=O) groups is 1. The van der Waals surface area contributed by atoms with Gasteiger partial charge in [0.15, 0.2) is 5.43 Å². The summed E-state index contributed by atoms with van der Waals surface area (Å²) in [4.78, 5) is 28.3. The second kappa shape index (κ2) is 8.00. The van der Waals surface area contributed by atoms with Crippen LogP contribution in [-0.2, 0) is 0 Å². The number of carbonyl (C=O) groups excluding carboxylic acids is 1. The van der Waals surface area contributed by atoms with Gasteiger partial charge >= 0.3 is 0 Å². The van der Waals surface area contributed by atoms with Crippen LogP contribution in [0.3, 0.4) is 0 Å². The predicted octanol–water partition coefficient (Wildman–Crippen LogP) is 5.27. The molecule has 6 heteroatoms. The fraction of sp³-hybridized carbons (Fsp3) is 0.250. The Morgan fingerprint density at radius 3 is 2.63 bits per heavy atom. The summed E-state index contributed by atoms with van der Waals surface area (Å²) in [6.45, 7) is 8.39. The van der Waals surface area contributed by atoms with Crippen molar-refractivity contribution in [3.8, 4) is 5.75 Å². The van der Waals surface area contributed by atoms with Crippen LogP contribution in [0.25, 0.3) is 11.0 Å². The van der Waals surface area contributed by atoms with E-state index in [1.165, 1.54) is 0 Å². The third kappa shape index (κ3) is 3.29. The molecule has 2 aromatic carbocycles. The van der Waals surface area contributed by atoms with E-state index in [1.807, 2.05) is 38.1 Å². The first-order chi connectivity index (χ1) is 14.5. The van der Waals surface area contributed by atoms with E-state index in [9.17, 15) is 9.59 Å². The van der Waals surface area contributed by atoms with Crippen LogP contribution in [-0.4, -0.2) is 24.0 Å². The van der Waals surface area contributed by atoms with E-state index in [0.29, 0.717) is 40.5 Å². The molecule has 0 saturated carbocycles. The predicted molar refractivity (Wildman–Crippen MR) is 118 cm³/mol. The lowest BCUT2D eigenvalue weighted by molar-refractivity contribution is 0.0728. The first-order valence-corrected chi connectivity index (χ1v) is 10.3. The van der Waals surface area contributed by atoms with Gasteiger partial charge in [-0.15, -0.1) is 0 Å². The Bertz CT molecular complexity index is 1200. The summed E-state index contributed by atoms with van der Waals surface area (Å²) in [7, 11) is 0. The summed E-state index contributed by atoms with van der Waals surface area (Å²) in [5.74, 6) is 0.535. The molecule has 4 rings (SSSR count). The summed E-state index contributed by atoms with van der Waals surface area (Å²) in [6, 6.07) is 10.2. The molecule has 2 heterocycles. The van der Waals surface area contributed by atoms with Crippen molar-refractivity contribution in [2.24, 2.45) is 0 Å². The first kappa shape index (κ1) is 20.2. The van der Waals surface area contributed by atoms with Gasteiger partial charge in [0.05, 0.1) is 17.0 Å². The van der Waals surface area contributed by atoms with Crippen LogP contribution in [0.4, 0.5) is 0 Å². The van der Waals surface area contributed by atoms with Gasteiger partial charge in [0.2, 0.25) is 5.76 Å². The van der Waals surface area contributed by atoms with Crippen molar-refractivity contribution in [2.45, 2.75) is 26.3 Å². The molecule has 0 spiro atoms. The lowest BCUT2D eigenvalue weighted by Gasteiger charge is -2.24. The number of hydrogen-bond acceptors (Lipinski definition) is 4. The molecule has 0 radical (unpaired) electrons. The second-order valence-corrected chi connectivity index (χ2v) is 7.75. The Morgan fingerprint density at radius 2 is 1.97 bits per heavy atom. The van der Waals surface area contributed by atoms with Gasteiger partial charge in [-0.3, -0.25) is 9.59 Å². The zero-order valence-electron chi connectivity index (χ0n) is 16.9. The number of ether oxygens (including phenoxy) is 1. The minimum atomic E-state index is -0.512. The molecule has 1 unspecified atom stereocenters. The number of aryl methyl sites for hydroxylation is 1. The topological polar surface area (TPSA) is 59.8 Å². The first-order valence-electron chi connectivity index (χ1n) is 9.87. The monoisotopic (exact) mass is 423 g/mol. The van der Waals surface area contributed by atoms with E-state index in [-0.39, 0.29) is 17.1 Å². The van der Waals surface area contributed by atoms with Crippen molar-refractivity contribution < 1.29 is 13.9 Å². The molecule has 1 atom stereocenters. The van der Waals surface area contributed by atoms with Gasteiger partial charge in [0.25, 0.3) is 5.91 Å². The smallest absolute Gasteiger partial charge is 0.290 e. The molecule has 0 N–H and O–H groups in total. The Balaban J connectivity index is 1.89. The molecule has 0 aliphatic carbocycles. The summed E-state index contributed by atoms with van der Waals surface area (Å²) < 4.78 is 11.5. The quantitative estimate of drug-likeness (QED) is 0.506. The number of rotatable bonds is 6. The highest BCUT2D eigenvalue weighted by Crippen LogP contribution is 2.39. The van der Waals surface area contributed by atoms with Gasteiger partial charge in [-0.05, 0) is 48.7 Å². The average Bonchev–Trinajstić information content (AvgIpc) is 3.01. The zero-order chi connectivity index (χ0) is 21.4. The summed E-state index contributed by atoms with van der Waals surface area (Å²) in [5.41, 5.74) is 2.12. The lowest BCUT2D eigenvalue weighted by atomic mass is 9.98. The van der Waals surface area contributed by atoms with Crippen molar-refractivity contribution in [3.05, 3.63) is 86.7 Å². The van der Waals surface area contributed by atoms with E-state index >= 15 is 0 Å². The average molecular weight is 424 g/mol. The van der Waals surface area contributed by atoms with Gasteiger partial charge < -0.3 is 14.1 Å². The summed E-state index contributed by atoms with van der Waals surface area (Å²) >= 11 is 6.25. The maximum atomic E-state index is 13.4. The van der Waals surface area contributed by atoms with Crippen LogP contribution in [0.1, 0.15) is 46.6 Å². The molecule has 5 nitrogen and oxygen atoms in total. The highest BCUT2D eigenvalue weighted by atomic mass is 35.5. The molecule has 0 fully saturated rings. The van der Waals surface area contributed by atoms with Crippen molar-refractivity contribution in [2.75, 3.05) is 13.2 Å². The van der Waals surface area contributed by atoms with Crippen molar-refractivity contribution >= 4 is 28.5 Å². The summed E-state index contributed by atoms with van der Waals surface area (Å²) in [5, 5.41) is 0.871. The minimum absolute atomic E-state index is 0.111. The molecule has 1 aliphatic heterocycles. The van der Waals surface area contributed by atoms with Crippen LogP contribution >= 0.6 is 11.6 Å². The molecule has 1 aromatic heterocycles.